The van der Waals surface area contributed by atoms with Gasteiger partial charge in [-0.3, -0.25) is 22.8 Å². The van der Waals surface area contributed by atoms with Crippen molar-refractivity contribution in [3.8, 4) is 0 Å². The van der Waals surface area contributed by atoms with Gasteiger partial charge in [-0.25, -0.2) is 54.9 Å². The highest BCUT2D eigenvalue weighted by atomic mass is 35.5. The molecule has 0 radical (unpaired) electrons. The van der Waals surface area contributed by atoms with Crippen molar-refractivity contribution in [3.63, 3.8) is 0 Å². The predicted octanol–water partition coefficient (Wildman–Crippen LogP) is -4.30. The van der Waals surface area contributed by atoms with E-state index in [1.807, 2.05) is 0 Å². The third-order valence-electron chi connectivity index (χ3n) is 13.6. The molecule has 5 saturated heterocycles. The summed E-state index contributed by atoms with van der Waals surface area (Å²) in [6, 6.07) is 3.87. The number of hydrogen-bond donors (Lipinski definition) is 13. The number of nitrogen functional groups attached to an aromatic ring is 5. The van der Waals surface area contributed by atoms with Gasteiger partial charge < -0.3 is 93.2 Å². The van der Waals surface area contributed by atoms with Gasteiger partial charge in [-0.05, 0) is 29.8 Å². The molecule has 20 unspecified atom stereocenters. The fourth-order valence-corrected chi connectivity index (χ4v) is 9.14. The maximum atomic E-state index is 14.1. The summed E-state index contributed by atoms with van der Waals surface area (Å²) in [5, 5.41) is 72.4. The largest absolute Gasteiger partial charge is 0.394 e. The Morgan fingerprint density at radius 3 is 1.23 bits per heavy atom. The number of aromatic nitrogens is 12. The molecule has 44 heteroatoms. The average molecular weight is 1320 g/mol. The second-order valence-corrected chi connectivity index (χ2v) is 19.8. The highest BCUT2D eigenvalue weighted by molar-refractivity contribution is 6.28. The molecule has 34 nitrogen and oxygen atoms in total. The van der Waals surface area contributed by atoms with Crippen LogP contribution in [0.25, 0.3) is 11.2 Å². The zero-order valence-electron chi connectivity index (χ0n) is 45.4. The van der Waals surface area contributed by atoms with Gasteiger partial charge in [-0.15, -0.1) is 0 Å². The molecule has 18 N–H and O–H groups in total. The van der Waals surface area contributed by atoms with E-state index in [9.17, 15) is 74.0 Å². The zero-order valence-corrected chi connectivity index (χ0v) is 46.2. The van der Waals surface area contributed by atoms with Crippen LogP contribution in [-0.2, 0) is 23.7 Å². The Labute approximate surface area is 499 Å². The monoisotopic (exact) mass is 1320 g/mol. The number of imidazole rings is 1. The van der Waals surface area contributed by atoms with E-state index >= 15 is 0 Å². The first kappa shape index (κ1) is 69.7. The molecule has 90 heavy (non-hydrogen) atoms. The smallest absolute Gasteiger partial charge is 0.352 e. The van der Waals surface area contributed by atoms with E-state index in [-0.39, 0.29) is 44.3 Å². The number of alkyl halides is 8. The second kappa shape index (κ2) is 29.0. The Balaban J connectivity index is 0.000000160. The van der Waals surface area contributed by atoms with Gasteiger partial charge in [0.25, 0.3) is 0 Å². The highest BCUT2D eigenvalue weighted by Crippen LogP contribution is 2.42. The number of fused-ring (bicyclic) bond motifs is 1. The highest BCUT2D eigenvalue weighted by Gasteiger charge is 2.60. The molecule has 11 rings (SSSR count). The molecule has 496 valence electrons. The van der Waals surface area contributed by atoms with Gasteiger partial charge in [-0.2, -0.15) is 38.7 Å². The van der Waals surface area contributed by atoms with Gasteiger partial charge in [0.1, 0.15) is 65.7 Å². The Kier molecular flexibility index (Phi) is 22.5. The van der Waals surface area contributed by atoms with Gasteiger partial charge in [-0.1, -0.05) is 0 Å². The maximum Gasteiger partial charge on any atom is 0.352 e. The third kappa shape index (κ3) is 14.5. The van der Waals surface area contributed by atoms with E-state index in [1.165, 1.54) is 47.7 Å². The molecule has 0 bridgehead atoms. The number of nitrogens with zero attached hydrogens (tertiary/aromatic N) is 12. The van der Waals surface area contributed by atoms with Gasteiger partial charge in [0.05, 0.1) is 45.6 Å². The van der Waals surface area contributed by atoms with E-state index in [4.69, 9.17) is 84.7 Å². The minimum atomic E-state index is -3.89. The van der Waals surface area contributed by atoms with Crippen LogP contribution in [0, 0.1) is 5.82 Å². The predicted molar refractivity (Wildman–Crippen MR) is 284 cm³/mol. The maximum absolute atomic E-state index is 14.1. The number of aliphatic hydroxyl groups is 8. The first-order chi connectivity index (χ1) is 42.4. The molecule has 0 spiro atoms. The van der Waals surface area contributed by atoms with E-state index in [0.29, 0.717) is 6.20 Å². The lowest BCUT2D eigenvalue weighted by Crippen LogP contribution is -2.42. The van der Waals surface area contributed by atoms with Gasteiger partial charge in [0.15, 0.2) is 91.1 Å². The summed E-state index contributed by atoms with van der Waals surface area (Å²) in [7, 11) is 0. The van der Waals surface area contributed by atoms with Gasteiger partial charge >= 0.3 is 28.7 Å². The molecule has 0 aliphatic carbocycles. The van der Waals surface area contributed by atoms with Gasteiger partial charge in [0, 0.05) is 18.6 Å². The van der Waals surface area contributed by atoms with Crippen LogP contribution in [0.1, 0.15) is 31.1 Å². The van der Waals surface area contributed by atoms with Crippen LogP contribution in [0.5, 0.6) is 0 Å². The van der Waals surface area contributed by atoms with Crippen molar-refractivity contribution in [1.29, 1.82) is 0 Å². The summed E-state index contributed by atoms with van der Waals surface area (Å²) >= 11 is 5.71. The molecule has 5 fully saturated rings. The third-order valence-corrected chi connectivity index (χ3v) is 13.8. The van der Waals surface area contributed by atoms with Crippen molar-refractivity contribution in [2.24, 2.45) is 0 Å². The molecule has 5 aliphatic heterocycles. The number of aliphatic hydroxyl groups excluding tert-OH is 8. The molecule has 0 aromatic carbocycles. The van der Waals surface area contributed by atoms with E-state index < -0.39 is 190 Å². The Bertz CT molecular complexity index is 3480. The normalized spacial score (nSPS) is 32.7. The molecule has 11 heterocycles. The first-order valence-corrected chi connectivity index (χ1v) is 26.1. The Morgan fingerprint density at radius 2 is 0.867 bits per heavy atom. The van der Waals surface area contributed by atoms with Crippen LogP contribution in [0.2, 0.25) is 5.28 Å². The van der Waals surface area contributed by atoms with Gasteiger partial charge in [0.2, 0.25) is 11.5 Å². The quantitative estimate of drug-likeness (QED) is 0.0456. The van der Waals surface area contributed by atoms with E-state index in [1.54, 1.807) is 0 Å². The lowest BCUT2D eigenvalue weighted by molar-refractivity contribution is -0.141. The number of rotatable bonds is 10. The van der Waals surface area contributed by atoms with Crippen molar-refractivity contribution >= 4 is 51.9 Å². The number of nitrogens with two attached hydrogens (primary N) is 5. The van der Waals surface area contributed by atoms with Crippen molar-refractivity contribution in [3.05, 3.63) is 102 Å². The van der Waals surface area contributed by atoms with Crippen molar-refractivity contribution in [2.45, 2.75) is 123 Å². The standard InChI is InChI=1S/C10H11ClFN5O3.C9H10F3N3O4.2C9H11F2N3O3.C9H12FN3O4/c11-10-15-7(13)5-8(16-10)17(2-14-5)9-4(12)6(19)3(1-18)20-9;10-3-1-15(8(18)14-6(3)13)7-9(11,12)5(17)4(2-16)19-7;2*10-6-4(3-15)17-8(7(6)11)14-2-1-5(12)13-9(14)16;10-6-7(15)4(3-14)17-8(6)13-2-1-5(11)12-9(13)16/h2-4,6,9,18-19H,1H2,(H2,13,15,16);1,4-5,7,16-17H,2H2,(H2,13,14,18);2*1-2,4,6-8,15H,3H2,(H2,12,13,16);1-2,4,6-8,14-15H,3H2,(H2,11,12,16)/i12-1;2*10-1,11-1;11-1;10-1. The Morgan fingerprint density at radius 1 is 0.489 bits per heavy atom. The van der Waals surface area contributed by atoms with Crippen LogP contribution in [0.4, 0.5) is 68.6 Å². The van der Waals surface area contributed by atoms with Crippen LogP contribution < -0.4 is 51.4 Å². The molecule has 0 saturated carbocycles. The molecule has 6 aromatic rings. The van der Waals surface area contributed by atoms with Crippen molar-refractivity contribution in [2.75, 3.05) is 61.7 Å². The van der Waals surface area contributed by atoms with Crippen LogP contribution >= 0.6 is 11.6 Å². The van der Waals surface area contributed by atoms with Crippen LogP contribution in [0.3, 0.4) is 0 Å². The number of halogens is 10. The summed E-state index contributed by atoms with van der Waals surface area (Å²) in [6.07, 6.45) is -25.3. The second-order valence-electron chi connectivity index (χ2n) is 19.5. The van der Waals surface area contributed by atoms with Crippen LogP contribution in [0.15, 0.2) is 68.5 Å². The molecular weight excluding hydrogens is 1260 g/mol. The zero-order chi connectivity index (χ0) is 66.5. The summed E-state index contributed by atoms with van der Waals surface area (Å²) in [5.41, 5.74) is 23.3. The number of anilines is 5. The minimum absolute atomic E-state index is 0.0129. The number of hydrogen-bond acceptors (Lipinski definition) is 29. The van der Waals surface area contributed by atoms with E-state index in [0.717, 1.165) is 13.7 Å². The minimum Gasteiger partial charge on any atom is -0.394 e. The van der Waals surface area contributed by atoms with Crippen LogP contribution in [-0.4, -0.2) is 223 Å². The topological polar surface area (TPSA) is 521 Å². The molecule has 6 aromatic heterocycles. The Hall–Kier alpha value is -7.79. The molecule has 0 amide bonds. The number of ether oxygens (including phenoxy) is 5. The SMILES string of the molecule is Nc1ccn(C2OC(CO)C(F)C2[18F])c(=O)n1.Nc1ccn(C2OC(CO)C(O)C2[18F])c(=O)n1.Nc1ccn(C2OC(CO)C([18F])C2[18F])c(=O)n1.Nc1nc(=O)n(C2OC(CO)C(O)C2(F)[18F])cc1[18F].Nc1nc(Cl)nc2c1ncn2C1OC(CO)C(O)C1[18F]. The van der Waals surface area contributed by atoms with Crippen molar-refractivity contribution in [1.82, 2.24) is 57.7 Å². The van der Waals surface area contributed by atoms with Crippen molar-refractivity contribution < 1.29 is 104 Å². The molecule has 20 atom stereocenters. The summed E-state index contributed by atoms with van der Waals surface area (Å²) in [5.74, 6) is -5.76. The first-order valence-electron chi connectivity index (χ1n) is 25.8. The fraction of sp³-hybridized carbons (Fsp3) is 0.543. The summed E-state index contributed by atoms with van der Waals surface area (Å²) in [4.78, 5) is 70.6. The summed E-state index contributed by atoms with van der Waals surface area (Å²) < 4.78 is 151. The average Bonchev–Trinajstić information content (AvgIpc) is 2.38. The summed E-state index contributed by atoms with van der Waals surface area (Å²) in [6.45, 7) is -3.23. The lowest BCUT2D eigenvalue weighted by atomic mass is 10.1. The fourth-order valence-electron chi connectivity index (χ4n) is 8.97. The molecular formula is C46H55ClF9N17O17. The molecule has 5 aliphatic rings. The van der Waals surface area contributed by atoms with E-state index in [2.05, 4.69) is 39.6 Å². The lowest BCUT2D eigenvalue weighted by Gasteiger charge is -2.21.